The van der Waals surface area contributed by atoms with Crippen molar-refractivity contribution in [1.29, 1.82) is 0 Å². The summed E-state index contributed by atoms with van der Waals surface area (Å²) in [5, 5.41) is 12.4. The zero-order valence-corrected chi connectivity index (χ0v) is 10.5. The molecule has 0 radical (unpaired) electrons. The number of nitrogens with zero attached hydrogens (tertiary/aromatic N) is 6. The second-order valence-corrected chi connectivity index (χ2v) is 4.19. The Labute approximate surface area is 109 Å². The number of nitrogen functional groups attached to an aromatic ring is 1. The highest BCUT2D eigenvalue weighted by Gasteiger charge is 2.06. The van der Waals surface area contributed by atoms with Gasteiger partial charge in [0.2, 0.25) is 0 Å². The predicted molar refractivity (Wildman–Crippen MR) is 71.4 cm³/mol. The number of nitrogens with two attached hydrogens (primary N) is 1. The number of rotatable bonds is 4. The van der Waals surface area contributed by atoms with Crippen molar-refractivity contribution in [2.45, 2.75) is 6.54 Å². The Morgan fingerprint density at radius 2 is 2.16 bits per heavy atom. The van der Waals surface area contributed by atoms with Gasteiger partial charge in [-0.2, -0.15) is 10.2 Å². The van der Waals surface area contributed by atoms with Gasteiger partial charge in [0.1, 0.15) is 12.1 Å². The van der Waals surface area contributed by atoms with Crippen molar-refractivity contribution in [1.82, 2.24) is 29.5 Å². The lowest BCUT2D eigenvalue weighted by Gasteiger charge is -2.06. The van der Waals surface area contributed by atoms with Gasteiger partial charge >= 0.3 is 0 Å². The molecule has 0 saturated heterocycles. The third-order valence-electron chi connectivity index (χ3n) is 2.82. The largest absolute Gasteiger partial charge is 0.396 e. The third kappa shape index (κ3) is 2.19. The fourth-order valence-corrected chi connectivity index (χ4v) is 1.89. The van der Waals surface area contributed by atoms with Crippen LogP contribution in [-0.2, 0) is 13.6 Å². The van der Waals surface area contributed by atoms with Crippen molar-refractivity contribution < 1.29 is 0 Å². The molecular formula is C11H14N8. The van der Waals surface area contributed by atoms with Crippen LogP contribution >= 0.6 is 0 Å². The minimum atomic E-state index is 0.664. The minimum Gasteiger partial charge on any atom is -0.396 e. The molecule has 0 aromatic carbocycles. The highest BCUT2D eigenvalue weighted by atomic mass is 15.3. The second-order valence-electron chi connectivity index (χ2n) is 4.19. The molecule has 0 bridgehead atoms. The lowest BCUT2D eigenvalue weighted by molar-refractivity contribution is 0.637. The molecule has 3 aromatic rings. The number of fused-ring (bicyclic) bond motifs is 1. The van der Waals surface area contributed by atoms with Crippen molar-refractivity contribution in [3.8, 4) is 0 Å². The van der Waals surface area contributed by atoms with Crippen LogP contribution in [0.5, 0.6) is 0 Å². The summed E-state index contributed by atoms with van der Waals surface area (Å²) in [5.41, 5.74) is 7.07. The first-order valence-electron chi connectivity index (χ1n) is 5.88. The summed E-state index contributed by atoms with van der Waals surface area (Å²) in [7, 11) is 1.85. The maximum absolute atomic E-state index is 5.60. The van der Waals surface area contributed by atoms with Gasteiger partial charge in [-0.3, -0.25) is 9.36 Å². The van der Waals surface area contributed by atoms with Crippen LogP contribution in [-0.4, -0.2) is 36.1 Å². The quantitative estimate of drug-likeness (QED) is 0.696. The van der Waals surface area contributed by atoms with Crippen LogP contribution in [0.1, 0.15) is 0 Å². The normalized spacial score (nSPS) is 11.0. The number of hydrogen-bond acceptors (Lipinski definition) is 6. The van der Waals surface area contributed by atoms with Gasteiger partial charge in [0.25, 0.3) is 0 Å². The Morgan fingerprint density at radius 1 is 1.26 bits per heavy atom. The molecule has 0 aliphatic rings. The number of anilines is 2. The number of aryl methyl sites for hydroxylation is 1. The van der Waals surface area contributed by atoms with E-state index in [1.807, 2.05) is 7.05 Å². The Kier molecular flexibility index (Phi) is 2.75. The van der Waals surface area contributed by atoms with E-state index in [-0.39, 0.29) is 0 Å². The van der Waals surface area contributed by atoms with Crippen molar-refractivity contribution >= 4 is 22.5 Å². The molecule has 8 nitrogen and oxygen atoms in total. The second kappa shape index (κ2) is 4.56. The molecule has 0 aliphatic heterocycles. The van der Waals surface area contributed by atoms with Crippen molar-refractivity contribution in [3.63, 3.8) is 0 Å². The molecule has 3 aromatic heterocycles. The molecule has 3 N–H and O–H groups in total. The molecule has 98 valence electrons. The van der Waals surface area contributed by atoms with Crippen LogP contribution in [0.25, 0.3) is 11.0 Å². The molecule has 0 saturated carbocycles. The van der Waals surface area contributed by atoms with Gasteiger partial charge in [-0.05, 0) is 0 Å². The van der Waals surface area contributed by atoms with Crippen LogP contribution in [0.15, 0.2) is 24.9 Å². The Morgan fingerprint density at radius 3 is 2.95 bits per heavy atom. The maximum Gasteiger partial charge on any atom is 0.163 e. The summed E-state index contributed by atoms with van der Waals surface area (Å²) < 4.78 is 3.50. The van der Waals surface area contributed by atoms with Crippen molar-refractivity contribution in [2.75, 3.05) is 17.6 Å². The molecule has 0 aliphatic carbocycles. The SMILES string of the molecule is Cn1ncc2c(NCCn3cc(N)cn3)ncnc21. The maximum atomic E-state index is 5.60. The first kappa shape index (κ1) is 11.5. The topological polar surface area (TPSA) is 99.5 Å². The van der Waals surface area contributed by atoms with Gasteiger partial charge in [0.05, 0.1) is 30.0 Å². The van der Waals surface area contributed by atoms with Gasteiger partial charge in [0, 0.05) is 19.8 Å². The minimum absolute atomic E-state index is 0.664. The molecule has 3 rings (SSSR count). The first-order valence-corrected chi connectivity index (χ1v) is 5.88. The van der Waals surface area contributed by atoms with E-state index in [2.05, 4.69) is 25.5 Å². The average molecular weight is 258 g/mol. The van der Waals surface area contributed by atoms with E-state index >= 15 is 0 Å². The molecule has 0 spiro atoms. The van der Waals surface area contributed by atoms with Crippen molar-refractivity contribution in [2.24, 2.45) is 7.05 Å². The van der Waals surface area contributed by atoms with E-state index in [1.165, 1.54) is 6.33 Å². The lowest BCUT2D eigenvalue weighted by atomic mass is 10.4. The third-order valence-corrected chi connectivity index (χ3v) is 2.82. The summed E-state index contributed by atoms with van der Waals surface area (Å²) in [6.45, 7) is 1.41. The summed E-state index contributed by atoms with van der Waals surface area (Å²) in [6.07, 6.45) is 6.70. The van der Waals surface area contributed by atoms with Crippen LogP contribution < -0.4 is 11.1 Å². The zero-order valence-electron chi connectivity index (χ0n) is 10.5. The van der Waals surface area contributed by atoms with E-state index in [0.717, 1.165) is 16.9 Å². The zero-order chi connectivity index (χ0) is 13.2. The van der Waals surface area contributed by atoms with Crippen LogP contribution in [0, 0.1) is 0 Å². The molecular weight excluding hydrogens is 244 g/mol. The number of aromatic nitrogens is 6. The molecule has 0 amide bonds. The van der Waals surface area contributed by atoms with Gasteiger partial charge in [-0.15, -0.1) is 0 Å². The molecule has 8 heteroatoms. The summed E-state index contributed by atoms with van der Waals surface area (Å²) in [5.74, 6) is 0.776. The van der Waals surface area contributed by atoms with Gasteiger partial charge in [-0.25, -0.2) is 9.97 Å². The smallest absolute Gasteiger partial charge is 0.163 e. The van der Waals surface area contributed by atoms with Crippen LogP contribution in [0.3, 0.4) is 0 Å². The van der Waals surface area contributed by atoms with Crippen LogP contribution in [0.4, 0.5) is 11.5 Å². The van der Waals surface area contributed by atoms with E-state index < -0.39 is 0 Å². The van der Waals surface area contributed by atoms with Gasteiger partial charge < -0.3 is 11.1 Å². The predicted octanol–water partition coefficient (Wildman–Crippen LogP) is 0.254. The Bertz CT molecular complexity index is 698. The van der Waals surface area contributed by atoms with E-state index in [9.17, 15) is 0 Å². The monoisotopic (exact) mass is 258 g/mol. The molecule has 0 unspecified atom stereocenters. The molecule has 19 heavy (non-hydrogen) atoms. The molecule has 0 fully saturated rings. The molecule has 3 heterocycles. The van der Waals surface area contributed by atoms with Crippen molar-refractivity contribution in [3.05, 3.63) is 24.9 Å². The number of hydrogen-bond donors (Lipinski definition) is 2. The highest BCUT2D eigenvalue weighted by Crippen LogP contribution is 2.17. The number of nitrogens with one attached hydrogen (secondary N) is 1. The first-order chi connectivity index (χ1) is 9.24. The van der Waals surface area contributed by atoms with Gasteiger partial charge in [-0.1, -0.05) is 0 Å². The average Bonchev–Trinajstić information content (AvgIpc) is 2.98. The summed E-state index contributed by atoms with van der Waals surface area (Å²) in [6, 6.07) is 0. The van der Waals surface area contributed by atoms with E-state index in [1.54, 1.807) is 28.0 Å². The fourth-order valence-electron chi connectivity index (χ4n) is 1.89. The summed E-state index contributed by atoms with van der Waals surface area (Å²) in [4.78, 5) is 8.41. The van der Waals surface area contributed by atoms with Gasteiger partial charge in [0.15, 0.2) is 5.65 Å². The Balaban J connectivity index is 1.71. The van der Waals surface area contributed by atoms with E-state index in [0.29, 0.717) is 18.8 Å². The standard InChI is InChI=1S/C11H14N8/c1-18-11-9(5-16-18)10(14-7-15-11)13-2-3-19-6-8(12)4-17-19/h4-7H,2-3,12H2,1H3,(H,13,14,15). The Hall–Kier alpha value is -2.64. The van der Waals surface area contributed by atoms with E-state index in [4.69, 9.17) is 5.73 Å². The highest BCUT2D eigenvalue weighted by molar-refractivity contribution is 5.85. The van der Waals surface area contributed by atoms with Crippen LogP contribution in [0.2, 0.25) is 0 Å². The fraction of sp³-hybridized carbons (Fsp3) is 0.273. The molecule has 0 atom stereocenters. The lowest BCUT2D eigenvalue weighted by Crippen LogP contribution is -2.12. The summed E-state index contributed by atoms with van der Waals surface area (Å²) >= 11 is 0.